The Morgan fingerprint density at radius 3 is 2.69 bits per heavy atom. The first kappa shape index (κ1) is 22.8. The fraction of sp³-hybridized carbons (Fsp3) is 0.476. The van der Waals surface area contributed by atoms with Crippen LogP contribution in [-0.4, -0.2) is 36.0 Å². The highest BCUT2D eigenvalue weighted by Crippen LogP contribution is 2.29. The Labute approximate surface area is 173 Å². The molecule has 0 saturated carbocycles. The SMILES string of the molecule is CCCc1cc(=O)oc2c(C)c(O[C@@H](C)C(=O)N[C@@H](CCSC)C(=O)[O-])ccc12. The number of amides is 1. The molecule has 1 aromatic carbocycles. The summed E-state index contributed by atoms with van der Waals surface area (Å²) in [7, 11) is 0. The third-order valence-corrected chi connectivity index (χ3v) is 5.24. The summed E-state index contributed by atoms with van der Waals surface area (Å²) in [6.45, 7) is 5.32. The number of hydrogen-bond acceptors (Lipinski definition) is 7. The van der Waals surface area contributed by atoms with E-state index in [0.717, 1.165) is 23.8 Å². The number of carbonyl (C=O) groups excluding carboxylic acids is 2. The predicted octanol–water partition coefficient (Wildman–Crippen LogP) is 1.81. The normalized spacial score (nSPS) is 13.1. The fourth-order valence-corrected chi connectivity index (χ4v) is 3.50. The van der Waals surface area contributed by atoms with E-state index in [1.807, 2.05) is 13.2 Å². The average molecular weight is 421 g/mol. The molecule has 8 heteroatoms. The second kappa shape index (κ2) is 10.3. The lowest BCUT2D eigenvalue weighted by molar-refractivity contribution is -0.308. The van der Waals surface area contributed by atoms with Crippen molar-refractivity contribution in [3.63, 3.8) is 0 Å². The van der Waals surface area contributed by atoms with Gasteiger partial charge in [-0.05, 0) is 56.4 Å². The van der Waals surface area contributed by atoms with Crippen molar-refractivity contribution in [3.05, 3.63) is 39.7 Å². The highest BCUT2D eigenvalue weighted by molar-refractivity contribution is 7.98. The van der Waals surface area contributed by atoms with Gasteiger partial charge < -0.3 is 24.4 Å². The smallest absolute Gasteiger partial charge is 0.336 e. The van der Waals surface area contributed by atoms with Gasteiger partial charge in [0, 0.05) is 17.0 Å². The summed E-state index contributed by atoms with van der Waals surface area (Å²) < 4.78 is 11.1. The van der Waals surface area contributed by atoms with Crippen LogP contribution >= 0.6 is 11.8 Å². The average Bonchev–Trinajstić information content (AvgIpc) is 2.67. The topological polar surface area (TPSA) is 109 Å². The molecule has 0 radical (unpaired) electrons. The highest BCUT2D eigenvalue weighted by Gasteiger charge is 2.21. The largest absolute Gasteiger partial charge is 0.548 e. The van der Waals surface area contributed by atoms with E-state index in [4.69, 9.17) is 9.15 Å². The second-order valence-electron chi connectivity index (χ2n) is 6.83. The van der Waals surface area contributed by atoms with Gasteiger partial charge in [-0.15, -0.1) is 0 Å². The molecule has 7 nitrogen and oxygen atoms in total. The van der Waals surface area contributed by atoms with Gasteiger partial charge >= 0.3 is 5.63 Å². The van der Waals surface area contributed by atoms with Crippen molar-refractivity contribution in [1.82, 2.24) is 5.32 Å². The van der Waals surface area contributed by atoms with E-state index < -0.39 is 29.6 Å². The lowest BCUT2D eigenvalue weighted by Crippen LogP contribution is -2.51. The molecule has 0 aliphatic carbocycles. The molecule has 0 aliphatic heterocycles. The molecule has 1 aromatic heterocycles. The highest BCUT2D eigenvalue weighted by atomic mass is 32.2. The zero-order valence-electron chi connectivity index (χ0n) is 17.1. The molecule has 29 heavy (non-hydrogen) atoms. The number of benzene rings is 1. The molecule has 2 atom stereocenters. The number of rotatable bonds is 10. The fourth-order valence-electron chi connectivity index (χ4n) is 3.03. The van der Waals surface area contributed by atoms with Crippen LogP contribution in [0.15, 0.2) is 27.4 Å². The van der Waals surface area contributed by atoms with Crippen molar-refractivity contribution in [2.24, 2.45) is 0 Å². The molecule has 0 saturated heterocycles. The Hall–Kier alpha value is -2.48. The monoisotopic (exact) mass is 420 g/mol. The van der Waals surface area contributed by atoms with Crippen molar-refractivity contribution in [3.8, 4) is 5.75 Å². The maximum Gasteiger partial charge on any atom is 0.336 e. The van der Waals surface area contributed by atoms with Gasteiger partial charge in [-0.2, -0.15) is 11.8 Å². The Morgan fingerprint density at radius 1 is 1.34 bits per heavy atom. The number of ether oxygens (including phenoxy) is 1. The molecule has 0 unspecified atom stereocenters. The summed E-state index contributed by atoms with van der Waals surface area (Å²) in [5, 5.41) is 14.5. The van der Waals surface area contributed by atoms with Crippen molar-refractivity contribution < 1.29 is 23.8 Å². The number of aryl methyl sites for hydroxylation is 2. The summed E-state index contributed by atoms with van der Waals surface area (Å²) >= 11 is 1.48. The molecule has 2 rings (SSSR count). The first-order valence-electron chi connectivity index (χ1n) is 9.51. The maximum atomic E-state index is 12.4. The summed E-state index contributed by atoms with van der Waals surface area (Å²) in [5.74, 6) is -0.907. The standard InChI is InChI=1S/C21H27NO6S/c1-5-6-14-11-18(23)28-19-12(2)17(8-7-15(14)19)27-13(3)20(24)22-16(21(25)26)9-10-29-4/h7-8,11,13,16H,5-6,9-10H2,1-4H3,(H,22,24)(H,25,26)/p-1/t13-,16-/m0/s1. The first-order chi connectivity index (χ1) is 13.8. The number of carboxylic acid groups (broad SMARTS) is 1. The third kappa shape index (κ3) is 5.76. The van der Waals surface area contributed by atoms with Crippen molar-refractivity contribution >= 4 is 34.6 Å². The molecule has 1 heterocycles. The van der Waals surface area contributed by atoms with Crippen molar-refractivity contribution in [2.75, 3.05) is 12.0 Å². The van der Waals surface area contributed by atoms with Gasteiger partial charge in [0.15, 0.2) is 6.10 Å². The van der Waals surface area contributed by atoms with Crippen molar-refractivity contribution in [1.29, 1.82) is 0 Å². The number of carbonyl (C=O) groups is 2. The van der Waals surface area contributed by atoms with Crippen LogP contribution in [0.25, 0.3) is 11.0 Å². The van der Waals surface area contributed by atoms with Gasteiger partial charge in [-0.25, -0.2) is 4.79 Å². The Morgan fingerprint density at radius 2 is 2.07 bits per heavy atom. The van der Waals surface area contributed by atoms with Crippen LogP contribution in [0.5, 0.6) is 5.75 Å². The van der Waals surface area contributed by atoms with Gasteiger partial charge in [0.25, 0.3) is 5.91 Å². The number of fused-ring (bicyclic) bond motifs is 1. The lowest BCUT2D eigenvalue weighted by atomic mass is 10.0. The van der Waals surface area contributed by atoms with Gasteiger partial charge in [0.1, 0.15) is 11.3 Å². The minimum Gasteiger partial charge on any atom is -0.548 e. The number of thioether (sulfide) groups is 1. The molecule has 1 N–H and O–H groups in total. The first-order valence-corrected chi connectivity index (χ1v) is 10.9. The molecule has 1 amide bonds. The second-order valence-corrected chi connectivity index (χ2v) is 7.81. The summed E-state index contributed by atoms with van der Waals surface area (Å²) in [6, 6.07) is 3.95. The summed E-state index contributed by atoms with van der Waals surface area (Å²) in [5.41, 5.74) is 1.51. The number of carboxylic acids is 1. The quantitative estimate of drug-likeness (QED) is 0.584. The van der Waals surface area contributed by atoms with E-state index in [1.165, 1.54) is 24.8 Å². The van der Waals surface area contributed by atoms with E-state index in [0.29, 0.717) is 22.6 Å². The zero-order chi connectivity index (χ0) is 21.6. The molecule has 2 aromatic rings. The van der Waals surface area contributed by atoms with Gasteiger partial charge in [-0.3, -0.25) is 4.79 Å². The van der Waals surface area contributed by atoms with Crippen molar-refractivity contribution in [2.45, 2.75) is 52.2 Å². The zero-order valence-corrected chi connectivity index (χ0v) is 17.9. The molecule has 0 bridgehead atoms. The van der Waals surface area contributed by atoms with Gasteiger partial charge in [0.2, 0.25) is 0 Å². The summed E-state index contributed by atoms with van der Waals surface area (Å²) in [4.78, 5) is 35.5. The third-order valence-electron chi connectivity index (χ3n) is 4.60. The van der Waals surface area contributed by atoms with E-state index in [9.17, 15) is 19.5 Å². The Balaban J connectivity index is 2.22. The maximum absolute atomic E-state index is 12.4. The summed E-state index contributed by atoms with van der Waals surface area (Å²) in [6.07, 6.45) is 2.83. The Bertz CT molecular complexity index is 939. The van der Waals surface area contributed by atoms with Crippen LogP contribution in [-0.2, 0) is 16.0 Å². The molecule has 0 aliphatic rings. The number of hydrogen-bond donors (Lipinski definition) is 1. The molecule has 158 valence electrons. The van der Waals surface area contributed by atoms with Gasteiger partial charge in [-0.1, -0.05) is 13.3 Å². The van der Waals surface area contributed by atoms with E-state index in [-0.39, 0.29) is 6.42 Å². The molecular formula is C21H26NO6S-. The molecule has 0 spiro atoms. The van der Waals surface area contributed by atoms with E-state index in [1.54, 1.807) is 19.1 Å². The Kier molecular flexibility index (Phi) is 8.13. The minimum atomic E-state index is -1.33. The van der Waals surface area contributed by atoms with Crippen LogP contribution in [0, 0.1) is 6.92 Å². The van der Waals surface area contributed by atoms with Gasteiger partial charge in [0.05, 0.1) is 12.0 Å². The van der Waals surface area contributed by atoms with E-state index in [2.05, 4.69) is 5.32 Å². The number of aliphatic carboxylic acids is 1. The lowest BCUT2D eigenvalue weighted by Gasteiger charge is -2.22. The predicted molar refractivity (Wildman–Crippen MR) is 111 cm³/mol. The van der Waals surface area contributed by atoms with Crippen LogP contribution in [0.4, 0.5) is 0 Å². The van der Waals surface area contributed by atoms with Crippen LogP contribution in [0.2, 0.25) is 0 Å². The van der Waals surface area contributed by atoms with E-state index >= 15 is 0 Å². The molecule has 0 fully saturated rings. The van der Waals surface area contributed by atoms with Crippen LogP contribution in [0.3, 0.4) is 0 Å². The minimum absolute atomic E-state index is 0.266. The van der Waals surface area contributed by atoms with Crippen LogP contribution < -0.4 is 20.8 Å². The molecular weight excluding hydrogens is 394 g/mol. The number of nitrogens with one attached hydrogen (secondary N) is 1. The van der Waals surface area contributed by atoms with Crippen LogP contribution in [0.1, 0.15) is 37.8 Å².